The van der Waals surface area contributed by atoms with Gasteiger partial charge in [0.25, 0.3) is 0 Å². The van der Waals surface area contributed by atoms with E-state index in [1.807, 2.05) is 31.4 Å². The largest absolute Gasteiger partial charge is 0.369 e. The highest BCUT2D eigenvalue weighted by Gasteiger charge is 2.11. The molecule has 0 unspecified atom stereocenters. The summed E-state index contributed by atoms with van der Waals surface area (Å²) in [6, 6.07) is 14.7. The van der Waals surface area contributed by atoms with Gasteiger partial charge < -0.3 is 15.1 Å². The molecule has 0 amide bonds. The van der Waals surface area contributed by atoms with Crippen molar-refractivity contribution in [2.45, 2.75) is 0 Å². The van der Waals surface area contributed by atoms with E-state index in [9.17, 15) is 0 Å². The van der Waals surface area contributed by atoms with E-state index >= 15 is 0 Å². The monoisotopic (exact) mass is 268 g/mol. The molecule has 3 rings (SSSR count). The molecule has 2 aromatic rings. The van der Waals surface area contributed by atoms with Gasteiger partial charge in [0.15, 0.2) is 0 Å². The van der Waals surface area contributed by atoms with E-state index in [-0.39, 0.29) is 0 Å². The quantitative estimate of drug-likeness (QED) is 0.925. The summed E-state index contributed by atoms with van der Waals surface area (Å²) in [5.74, 6) is 0.961. The van der Waals surface area contributed by atoms with Crippen LogP contribution in [0.5, 0.6) is 0 Å². The fourth-order valence-electron chi connectivity index (χ4n) is 2.49. The van der Waals surface area contributed by atoms with Crippen molar-refractivity contribution in [1.29, 1.82) is 0 Å². The molecule has 0 aliphatic carbocycles. The second-order valence-electron chi connectivity index (χ2n) is 5.00. The molecule has 2 heterocycles. The first kappa shape index (κ1) is 12.9. The van der Waals surface area contributed by atoms with Gasteiger partial charge in [-0.15, -0.1) is 0 Å². The third-order valence-corrected chi connectivity index (χ3v) is 3.71. The van der Waals surface area contributed by atoms with Gasteiger partial charge >= 0.3 is 0 Å². The fraction of sp³-hybridized carbons (Fsp3) is 0.312. The summed E-state index contributed by atoms with van der Waals surface area (Å²) in [4.78, 5) is 8.89. The van der Waals surface area contributed by atoms with Gasteiger partial charge in [-0.05, 0) is 36.4 Å². The van der Waals surface area contributed by atoms with Gasteiger partial charge in [0.05, 0.1) is 0 Å². The summed E-state index contributed by atoms with van der Waals surface area (Å²) >= 11 is 0. The number of anilines is 3. The van der Waals surface area contributed by atoms with Crippen LogP contribution < -0.4 is 15.1 Å². The van der Waals surface area contributed by atoms with Crippen molar-refractivity contribution in [2.75, 3.05) is 43.0 Å². The van der Waals surface area contributed by atoms with Gasteiger partial charge in [-0.25, -0.2) is 4.98 Å². The van der Waals surface area contributed by atoms with Gasteiger partial charge in [0, 0.05) is 50.8 Å². The van der Waals surface area contributed by atoms with Crippen LogP contribution in [-0.4, -0.2) is 38.2 Å². The van der Waals surface area contributed by atoms with Crippen molar-refractivity contribution in [3.05, 3.63) is 48.7 Å². The van der Waals surface area contributed by atoms with Crippen LogP contribution in [0.3, 0.4) is 0 Å². The number of aromatic nitrogens is 1. The van der Waals surface area contributed by atoms with Crippen LogP contribution >= 0.6 is 0 Å². The van der Waals surface area contributed by atoms with Crippen molar-refractivity contribution < 1.29 is 0 Å². The molecule has 1 N–H and O–H groups in total. The molecule has 1 fully saturated rings. The molecule has 1 aromatic carbocycles. The van der Waals surface area contributed by atoms with Gasteiger partial charge in [-0.2, -0.15) is 0 Å². The second kappa shape index (κ2) is 5.92. The van der Waals surface area contributed by atoms with E-state index in [0.29, 0.717) is 0 Å². The molecule has 1 aromatic heterocycles. The maximum absolute atomic E-state index is 4.37. The van der Waals surface area contributed by atoms with Gasteiger partial charge in [0.1, 0.15) is 5.82 Å². The van der Waals surface area contributed by atoms with E-state index in [1.165, 1.54) is 5.69 Å². The Morgan fingerprint density at radius 3 is 2.45 bits per heavy atom. The van der Waals surface area contributed by atoms with E-state index in [2.05, 4.69) is 44.4 Å². The third kappa shape index (κ3) is 2.75. The van der Waals surface area contributed by atoms with Crippen molar-refractivity contribution in [2.24, 2.45) is 0 Å². The molecule has 1 saturated heterocycles. The lowest BCUT2D eigenvalue weighted by Gasteiger charge is -2.30. The number of rotatable bonds is 3. The molecule has 1 aliphatic rings. The standard InChI is InChI=1S/C16H20N4/c1-19(16-4-2-3-9-18-16)14-5-7-15(8-6-14)20-12-10-17-11-13-20/h2-9,17H,10-13H2,1H3. The normalized spacial score (nSPS) is 15.2. The lowest BCUT2D eigenvalue weighted by molar-refractivity contribution is 0.589. The first-order valence-electron chi connectivity index (χ1n) is 7.05. The van der Waals surface area contributed by atoms with Crippen LogP contribution in [0.15, 0.2) is 48.7 Å². The molecule has 20 heavy (non-hydrogen) atoms. The van der Waals surface area contributed by atoms with Crippen LogP contribution in [0.1, 0.15) is 0 Å². The highest BCUT2D eigenvalue weighted by Crippen LogP contribution is 2.24. The van der Waals surface area contributed by atoms with Crippen LogP contribution in [0.25, 0.3) is 0 Å². The molecule has 0 spiro atoms. The molecule has 1 aliphatic heterocycles. The average molecular weight is 268 g/mol. The Kier molecular flexibility index (Phi) is 3.83. The van der Waals surface area contributed by atoms with Crippen molar-refractivity contribution in [1.82, 2.24) is 10.3 Å². The molecule has 4 nitrogen and oxygen atoms in total. The zero-order valence-electron chi connectivity index (χ0n) is 11.8. The van der Waals surface area contributed by atoms with E-state index < -0.39 is 0 Å². The first-order valence-corrected chi connectivity index (χ1v) is 7.05. The summed E-state index contributed by atoms with van der Waals surface area (Å²) in [6.07, 6.45) is 1.82. The maximum atomic E-state index is 4.37. The lowest BCUT2D eigenvalue weighted by atomic mass is 10.2. The van der Waals surface area contributed by atoms with E-state index in [1.54, 1.807) is 0 Å². The highest BCUT2D eigenvalue weighted by molar-refractivity contribution is 5.62. The number of hydrogen-bond donors (Lipinski definition) is 1. The topological polar surface area (TPSA) is 31.4 Å². The lowest BCUT2D eigenvalue weighted by Crippen LogP contribution is -2.43. The van der Waals surface area contributed by atoms with Gasteiger partial charge in [0.2, 0.25) is 0 Å². The van der Waals surface area contributed by atoms with Crippen LogP contribution in [0.2, 0.25) is 0 Å². The Balaban J connectivity index is 1.75. The van der Waals surface area contributed by atoms with Crippen LogP contribution in [0, 0.1) is 0 Å². The van der Waals surface area contributed by atoms with Crippen LogP contribution in [0.4, 0.5) is 17.2 Å². The molecular weight excluding hydrogens is 248 g/mol. The predicted octanol–water partition coefficient (Wildman–Crippen LogP) is 2.26. The van der Waals surface area contributed by atoms with E-state index in [0.717, 1.165) is 37.7 Å². The summed E-state index contributed by atoms with van der Waals surface area (Å²) < 4.78 is 0. The SMILES string of the molecule is CN(c1ccc(N2CCNCC2)cc1)c1ccccn1. The zero-order chi connectivity index (χ0) is 13.8. The maximum Gasteiger partial charge on any atom is 0.132 e. The molecular formula is C16H20N4. The molecule has 0 atom stereocenters. The minimum Gasteiger partial charge on any atom is -0.369 e. The summed E-state index contributed by atoms with van der Waals surface area (Å²) in [5, 5.41) is 3.38. The Bertz CT molecular complexity index is 532. The fourth-order valence-corrected chi connectivity index (χ4v) is 2.49. The van der Waals surface area contributed by atoms with E-state index in [4.69, 9.17) is 0 Å². The van der Waals surface area contributed by atoms with Gasteiger partial charge in [-0.3, -0.25) is 0 Å². The minimum absolute atomic E-state index is 0.961. The molecule has 4 heteroatoms. The van der Waals surface area contributed by atoms with Crippen molar-refractivity contribution in [3.63, 3.8) is 0 Å². The summed E-state index contributed by atoms with van der Waals surface area (Å²) in [7, 11) is 2.04. The number of hydrogen-bond acceptors (Lipinski definition) is 4. The molecule has 0 saturated carbocycles. The second-order valence-corrected chi connectivity index (χ2v) is 5.00. The van der Waals surface area contributed by atoms with Crippen molar-refractivity contribution in [3.8, 4) is 0 Å². The number of pyridine rings is 1. The Hall–Kier alpha value is -2.07. The number of piperazine rings is 1. The summed E-state index contributed by atoms with van der Waals surface area (Å²) in [5.41, 5.74) is 2.45. The first-order chi connectivity index (χ1) is 9.84. The Labute approximate surface area is 120 Å². The molecule has 104 valence electrons. The van der Waals surface area contributed by atoms with Crippen LogP contribution in [-0.2, 0) is 0 Å². The number of nitrogens with zero attached hydrogens (tertiary/aromatic N) is 3. The highest BCUT2D eigenvalue weighted by atomic mass is 15.2. The summed E-state index contributed by atoms with van der Waals surface area (Å²) in [6.45, 7) is 4.29. The number of nitrogens with one attached hydrogen (secondary N) is 1. The Morgan fingerprint density at radius 2 is 1.80 bits per heavy atom. The third-order valence-electron chi connectivity index (χ3n) is 3.71. The number of benzene rings is 1. The van der Waals surface area contributed by atoms with Crippen molar-refractivity contribution >= 4 is 17.2 Å². The Morgan fingerprint density at radius 1 is 1.05 bits per heavy atom. The average Bonchev–Trinajstić information content (AvgIpc) is 2.56. The zero-order valence-corrected chi connectivity index (χ0v) is 11.8. The predicted molar refractivity (Wildman–Crippen MR) is 83.8 cm³/mol. The van der Waals surface area contributed by atoms with Gasteiger partial charge in [-0.1, -0.05) is 6.07 Å². The molecule has 0 bridgehead atoms. The smallest absolute Gasteiger partial charge is 0.132 e. The minimum atomic E-state index is 0.961. The molecule has 0 radical (unpaired) electrons.